The van der Waals surface area contributed by atoms with Crippen LogP contribution in [0.25, 0.3) is 0 Å². The number of carboxylic acids is 1. The van der Waals surface area contributed by atoms with Gasteiger partial charge < -0.3 is 5.11 Å². The maximum Gasteiger partial charge on any atom is 0.335 e. The van der Waals surface area contributed by atoms with Crippen LogP contribution in [0.15, 0.2) is 46.9 Å². The van der Waals surface area contributed by atoms with E-state index in [1.807, 2.05) is 37.4 Å². The van der Waals surface area contributed by atoms with Crippen molar-refractivity contribution in [2.24, 2.45) is 0 Å². The molecule has 0 unspecified atom stereocenters. The van der Waals surface area contributed by atoms with E-state index < -0.39 is 5.97 Å². The summed E-state index contributed by atoms with van der Waals surface area (Å²) in [7, 11) is 2.01. The van der Waals surface area contributed by atoms with Crippen molar-refractivity contribution in [2.75, 3.05) is 7.05 Å². The van der Waals surface area contributed by atoms with Crippen LogP contribution in [0.3, 0.4) is 0 Å². The summed E-state index contributed by atoms with van der Waals surface area (Å²) in [5.74, 6) is -0.903. The van der Waals surface area contributed by atoms with E-state index in [0.29, 0.717) is 10.6 Å². The van der Waals surface area contributed by atoms with Gasteiger partial charge in [0.05, 0.1) is 10.6 Å². The first-order chi connectivity index (χ1) is 9.95. The largest absolute Gasteiger partial charge is 0.478 e. The Hall–Kier alpha value is -1.36. The average Bonchev–Trinajstić information content (AvgIpc) is 2.43. The summed E-state index contributed by atoms with van der Waals surface area (Å²) in [6.45, 7) is 1.52. The Morgan fingerprint density at radius 2 is 1.71 bits per heavy atom. The van der Waals surface area contributed by atoms with Crippen molar-refractivity contribution in [3.63, 3.8) is 0 Å². The summed E-state index contributed by atoms with van der Waals surface area (Å²) in [6, 6.07) is 12.8. The maximum absolute atomic E-state index is 10.8. The van der Waals surface area contributed by atoms with Crippen LogP contribution in [0.2, 0.25) is 5.02 Å². The van der Waals surface area contributed by atoms with Crippen LogP contribution in [0.1, 0.15) is 21.5 Å². The molecule has 0 aromatic heterocycles. The molecular weight excluding hydrogens is 354 g/mol. The molecule has 2 rings (SSSR count). The molecule has 110 valence electrons. The van der Waals surface area contributed by atoms with E-state index in [1.165, 1.54) is 0 Å². The van der Waals surface area contributed by atoms with Crippen molar-refractivity contribution in [1.82, 2.24) is 4.90 Å². The zero-order valence-corrected chi connectivity index (χ0v) is 13.9. The number of hydrogen-bond donors (Lipinski definition) is 1. The maximum atomic E-state index is 10.8. The van der Waals surface area contributed by atoms with Gasteiger partial charge in [0, 0.05) is 17.6 Å². The van der Waals surface area contributed by atoms with Gasteiger partial charge in [0.25, 0.3) is 0 Å². The minimum absolute atomic E-state index is 0.307. The third kappa shape index (κ3) is 4.56. The number of rotatable bonds is 5. The molecule has 0 aliphatic heterocycles. The first-order valence-corrected chi connectivity index (χ1v) is 7.57. The molecule has 0 saturated heterocycles. The SMILES string of the molecule is CN(Cc1ccc(C(=O)O)cc1)Cc1ccc(Br)c(Cl)c1. The molecule has 0 heterocycles. The van der Waals surface area contributed by atoms with Gasteiger partial charge in [0.15, 0.2) is 0 Å². The summed E-state index contributed by atoms with van der Waals surface area (Å²) >= 11 is 9.46. The molecule has 0 bridgehead atoms. The van der Waals surface area contributed by atoms with Crippen LogP contribution in [-0.4, -0.2) is 23.0 Å². The van der Waals surface area contributed by atoms with Gasteiger partial charge in [-0.2, -0.15) is 0 Å². The highest BCUT2D eigenvalue weighted by molar-refractivity contribution is 9.10. The molecule has 21 heavy (non-hydrogen) atoms. The number of carboxylic acid groups (broad SMARTS) is 1. The second-order valence-corrected chi connectivity index (χ2v) is 6.18. The third-order valence-corrected chi connectivity index (χ3v) is 4.32. The second kappa shape index (κ2) is 7.07. The summed E-state index contributed by atoms with van der Waals surface area (Å²) in [6.07, 6.45) is 0. The fourth-order valence-electron chi connectivity index (χ4n) is 2.07. The molecule has 2 aromatic rings. The Labute approximate surface area is 137 Å². The zero-order valence-electron chi connectivity index (χ0n) is 11.5. The van der Waals surface area contributed by atoms with Gasteiger partial charge in [-0.05, 0) is 58.4 Å². The summed E-state index contributed by atoms with van der Waals surface area (Å²) < 4.78 is 0.889. The highest BCUT2D eigenvalue weighted by Gasteiger charge is 2.06. The molecule has 3 nitrogen and oxygen atoms in total. The smallest absolute Gasteiger partial charge is 0.335 e. The standard InChI is InChI=1S/C16H15BrClNO2/c1-19(10-12-4-7-14(17)15(18)8-12)9-11-2-5-13(6-3-11)16(20)21/h2-8H,9-10H2,1H3,(H,20,21). The molecule has 0 atom stereocenters. The molecule has 0 aliphatic rings. The summed E-state index contributed by atoms with van der Waals surface area (Å²) in [5.41, 5.74) is 2.51. The highest BCUT2D eigenvalue weighted by Crippen LogP contribution is 2.23. The van der Waals surface area contributed by atoms with Crippen molar-refractivity contribution >= 4 is 33.5 Å². The van der Waals surface area contributed by atoms with Crippen LogP contribution in [0.5, 0.6) is 0 Å². The number of nitrogens with zero attached hydrogens (tertiary/aromatic N) is 1. The van der Waals surface area contributed by atoms with Gasteiger partial charge in [-0.25, -0.2) is 4.79 Å². The van der Waals surface area contributed by atoms with Crippen LogP contribution in [-0.2, 0) is 13.1 Å². The van der Waals surface area contributed by atoms with E-state index in [4.69, 9.17) is 16.7 Å². The normalized spacial score (nSPS) is 10.9. The minimum atomic E-state index is -0.903. The molecule has 0 fully saturated rings. The zero-order chi connectivity index (χ0) is 15.4. The van der Waals surface area contributed by atoms with Crippen molar-refractivity contribution < 1.29 is 9.90 Å². The fourth-order valence-corrected chi connectivity index (χ4v) is 2.52. The predicted octanol–water partition coefficient (Wildman–Crippen LogP) is 4.43. The van der Waals surface area contributed by atoms with E-state index in [0.717, 1.165) is 28.7 Å². The molecular formula is C16H15BrClNO2. The van der Waals surface area contributed by atoms with Gasteiger partial charge >= 0.3 is 5.97 Å². The lowest BCUT2D eigenvalue weighted by atomic mass is 10.1. The Balaban J connectivity index is 1.99. The second-order valence-electron chi connectivity index (χ2n) is 4.92. The lowest BCUT2D eigenvalue weighted by Gasteiger charge is -2.17. The molecule has 2 aromatic carbocycles. The summed E-state index contributed by atoms with van der Waals surface area (Å²) in [5, 5.41) is 9.57. The van der Waals surface area contributed by atoms with E-state index >= 15 is 0 Å². The molecule has 0 radical (unpaired) electrons. The average molecular weight is 369 g/mol. The lowest BCUT2D eigenvalue weighted by Crippen LogP contribution is -2.17. The Bertz CT molecular complexity index is 643. The molecule has 0 spiro atoms. The number of carbonyl (C=O) groups is 1. The van der Waals surface area contributed by atoms with E-state index in [2.05, 4.69) is 20.8 Å². The van der Waals surface area contributed by atoms with Crippen molar-refractivity contribution in [2.45, 2.75) is 13.1 Å². The van der Waals surface area contributed by atoms with E-state index in [-0.39, 0.29) is 0 Å². The fraction of sp³-hybridized carbons (Fsp3) is 0.188. The number of benzene rings is 2. The van der Waals surface area contributed by atoms with Crippen molar-refractivity contribution in [1.29, 1.82) is 0 Å². The van der Waals surface area contributed by atoms with Crippen LogP contribution >= 0.6 is 27.5 Å². The van der Waals surface area contributed by atoms with Gasteiger partial charge in [0.2, 0.25) is 0 Å². The van der Waals surface area contributed by atoms with Gasteiger partial charge in [-0.1, -0.05) is 29.8 Å². The molecule has 1 N–H and O–H groups in total. The number of hydrogen-bond acceptors (Lipinski definition) is 2. The predicted molar refractivity (Wildman–Crippen MR) is 87.7 cm³/mol. The molecule has 0 saturated carbocycles. The van der Waals surface area contributed by atoms with E-state index in [9.17, 15) is 4.79 Å². The van der Waals surface area contributed by atoms with E-state index in [1.54, 1.807) is 12.1 Å². The Kier molecular flexibility index (Phi) is 5.39. The Morgan fingerprint density at radius 3 is 2.29 bits per heavy atom. The lowest BCUT2D eigenvalue weighted by molar-refractivity contribution is 0.0697. The van der Waals surface area contributed by atoms with Gasteiger partial charge in [0.1, 0.15) is 0 Å². The highest BCUT2D eigenvalue weighted by atomic mass is 79.9. The number of halogens is 2. The van der Waals surface area contributed by atoms with Crippen molar-refractivity contribution in [3.8, 4) is 0 Å². The molecule has 5 heteroatoms. The third-order valence-electron chi connectivity index (χ3n) is 3.09. The first-order valence-electron chi connectivity index (χ1n) is 6.40. The van der Waals surface area contributed by atoms with Gasteiger partial charge in [-0.3, -0.25) is 4.90 Å². The van der Waals surface area contributed by atoms with Gasteiger partial charge in [-0.15, -0.1) is 0 Å². The Morgan fingerprint density at radius 1 is 1.14 bits per heavy atom. The van der Waals surface area contributed by atoms with Crippen LogP contribution in [0.4, 0.5) is 0 Å². The van der Waals surface area contributed by atoms with Crippen molar-refractivity contribution in [3.05, 3.63) is 68.7 Å². The molecule has 0 amide bonds. The number of aromatic carboxylic acids is 1. The summed E-state index contributed by atoms with van der Waals surface area (Å²) in [4.78, 5) is 13.0. The van der Waals surface area contributed by atoms with Crippen LogP contribution < -0.4 is 0 Å². The molecule has 0 aliphatic carbocycles. The quantitative estimate of drug-likeness (QED) is 0.848. The first kappa shape index (κ1) is 16.0. The topological polar surface area (TPSA) is 40.5 Å². The van der Waals surface area contributed by atoms with Crippen LogP contribution in [0, 0.1) is 0 Å². The monoisotopic (exact) mass is 367 g/mol. The minimum Gasteiger partial charge on any atom is -0.478 e.